The average Bonchev–Trinajstić information content (AvgIpc) is 2.71. The summed E-state index contributed by atoms with van der Waals surface area (Å²) >= 11 is 0. The molecule has 31 heavy (non-hydrogen) atoms. The lowest BCUT2D eigenvalue weighted by Gasteiger charge is -2.20. The first-order valence-corrected chi connectivity index (χ1v) is 9.18. The van der Waals surface area contributed by atoms with Gasteiger partial charge in [-0.25, -0.2) is 14.4 Å². The van der Waals surface area contributed by atoms with Crippen LogP contribution in [0.25, 0.3) is 0 Å². The third kappa shape index (κ3) is 5.73. The Kier molecular flexibility index (Phi) is 6.36. The van der Waals surface area contributed by atoms with E-state index in [2.05, 4.69) is 16.0 Å². The van der Waals surface area contributed by atoms with Crippen molar-refractivity contribution in [2.75, 3.05) is 16.0 Å². The highest BCUT2D eigenvalue weighted by Crippen LogP contribution is 2.34. The van der Waals surface area contributed by atoms with Crippen LogP contribution in [0, 0.1) is 0 Å². The van der Waals surface area contributed by atoms with Gasteiger partial charge in [0, 0.05) is 23.0 Å². The molecule has 0 aliphatic heterocycles. The van der Waals surface area contributed by atoms with Crippen LogP contribution in [0.4, 0.5) is 31.4 Å². The molecule has 9 nitrogen and oxygen atoms in total. The van der Waals surface area contributed by atoms with Crippen LogP contribution >= 0.6 is 0 Å². The molecule has 0 aromatic heterocycles. The van der Waals surface area contributed by atoms with Crippen LogP contribution in [0.5, 0.6) is 0 Å². The van der Waals surface area contributed by atoms with Crippen molar-refractivity contribution in [3.05, 3.63) is 89.5 Å². The van der Waals surface area contributed by atoms with Crippen molar-refractivity contribution in [1.82, 2.24) is 0 Å². The smallest absolute Gasteiger partial charge is 0.409 e. The molecule has 7 N–H and O–H groups in total. The Bertz CT molecular complexity index is 939. The van der Waals surface area contributed by atoms with Crippen LogP contribution in [-0.2, 0) is 0 Å². The zero-order valence-electron chi connectivity index (χ0n) is 16.2. The van der Waals surface area contributed by atoms with Gasteiger partial charge >= 0.3 is 18.2 Å². The number of carbonyl (C=O) groups is 3. The molecule has 0 heterocycles. The van der Waals surface area contributed by atoms with Crippen molar-refractivity contribution in [2.45, 2.75) is 5.92 Å². The summed E-state index contributed by atoms with van der Waals surface area (Å²) in [5, 5.41) is 24.9. The van der Waals surface area contributed by atoms with Gasteiger partial charge in [0.2, 0.25) is 0 Å². The predicted molar refractivity (Wildman–Crippen MR) is 117 cm³/mol. The van der Waals surface area contributed by atoms with E-state index >= 15 is 0 Å². The minimum atomic E-state index is -1.15. The third-order valence-electron chi connectivity index (χ3n) is 4.50. The highest BCUT2D eigenvalue weighted by Gasteiger charge is 2.17. The van der Waals surface area contributed by atoms with Crippen molar-refractivity contribution in [1.29, 1.82) is 0 Å². The molecule has 0 fully saturated rings. The summed E-state index contributed by atoms with van der Waals surface area (Å²) in [6, 6.07) is 20.4. The van der Waals surface area contributed by atoms with E-state index in [0.29, 0.717) is 17.1 Å². The molecule has 4 amide bonds. The number of amides is 4. The third-order valence-corrected chi connectivity index (χ3v) is 4.50. The minimum Gasteiger partial charge on any atom is -0.465 e. The fourth-order valence-corrected chi connectivity index (χ4v) is 3.24. The molecular formula is C22H20N4O5. The minimum absolute atomic E-state index is 0.222. The molecule has 0 aliphatic carbocycles. The SMILES string of the molecule is NC(=O)Nc1ccc(C(c2ccc(NC(=O)O)cc2)c2ccc(NC(=O)O)cc2)cc1. The highest BCUT2D eigenvalue weighted by molar-refractivity contribution is 5.87. The zero-order chi connectivity index (χ0) is 22.4. The van der Waals surface area contributed by atoms with Crippen LogP contribution < -0.4 is 21.7 Å². The fourth-order valence-electron chi connectivity index (χ4n) is 3.24. The Balaban J connectivity index is 1.98. The molecule has 0 saturated carbocycles. The van der Waals surface area contributed by atoms with E-state index in [9.17, 15) is 14.4 Å². The van der Waals surface area contributed by atoms with E-state index in [1.807, 2.05) is 36.4 Å². The molecule has 0 saturated heterocycles. The molecular weight excluding hydrogens is 400 g/mol. The van der Waals surface area contributed by atoms with Crippen LogP contribution in [0.3, 0.4) is 0 Å². The number of primary amides is 1. The number of hydrogen-bond acceptors (Lipinski definition) is 3. The highest BCUT2D eigenvalue weighted by atomic mass is 16.4. The lowest BCUT2D eigenvalue weighted by Crippen LogP contribution is -2.19. The number of nitrogens with one attached hydrogen (secondary N) is 3. The maximum Gasteiger partial charge on any atom is 0.409 e. The number of benzene rings is 3. The van der Waals surface area contributed by atoms with E-state index < -0.39 is 18.2 Å². The molecule has 3 aromatic rings. The quantitative estimate of drug-likeness (QED) is 0.323. The number of carbonyl (C=O) groups excluding carboxylic acids is 1. The molecule has 0 spiro atoms. The van der Waals surface area contributed by atoms with Gasteiger partial charge < -0.3 is 21.3 Å². The number of urea groups is 1. The van der Waals surface area contributed by atoms with Gasteiger partial charge in [-0.3, -0.25) is 10.6 Å². The first kappa shape index (κ1) is 21.2. The van der Waals surface area contributed by atoms with E-state index in [4.69, 9.17) is 15.9 Å². The fraction of sp³-hybridized carbons (Fsp3) is 0.0455. The summed E-state index contributed by atoms with van der Waals surface area (Å²) in [6.45, 7) is 0. The molecule has 3 rings (SSSR count). The summed E-state index contributed by atoms with van der Waals surface area (Å²) in [5.41, 5.74) is 9.29. The Morgan fingerprint density at radius 2 is 0.871 bits per heavy atom. The van der Waals surface area contributed by atoms with Gasteiger partial charge in [-0.05, 0) is 53.1 Å². The van der Waals surface area contributed by atoms with Crippen LogP contribution in [0.2, 0.25) is 0 Å². The number of hydrogen-bond donors (Lipinski definition) is 6. The molecule has 3 aromatic carbocycles. The average molecular weight is 420 g/mol. The van der Waals surface area contributed by atoms with Crippen LogP contribution in [-0.4, -0.2) is 28.4 Å². The largest absolute Gasteiger partial charge is 0.465 e. The number of rotatable bonds is 6. The van der Waals surface area contributed by atoms with Gasteiger partial charge in [0.1, 0.15) is 0 Å². The standard InChI is InChI=1S/C22H20N4O5/c23-20(27)24-16-7-1-13(2-8-16)19(14-3-9-17(10-4-14)25-21(28)29)15-5-11-18(12-6-15)26-22(30)31/h1-12,19,25-26H,(H,28,29)(H,30,31)(H3,23,24,27). The Morgan fingerprint density at radius 1 is 0.581 bits per heavy atom. The molecule has 0 aliphatic rings. The topological polar surface area (TPSA) is 154 Å². The summed E-state index contributed by atoms with van der Waals surface area (Å²) in [5.74, 6) is -0.222. The maximum atomic E-state index is 11.1. The van der Waals surface area contributed by atoms with Crippen molar-refractivity contribution in [3.8, 4) is 0 Å². The van der Waals surface area contributed by atoms with E-state index in [1.165, 1.54) is 0 Å². The van der Waals surface area contributed by atoms with Crippen LogP contribution in [0.15, 0.2) is 72.8 Å². The van der Waals surface area contributed by atoms with Crippen molar-refractivity contribution >= 4 is 35.3 Å². The summed E-state index contributed by atoms with van der Waals surface area (Å²) in [4.78, 5) is 32.8. The van der Waals surface area contributed by atoms with Crippen molar-refractivity contribution in [2.24, 2.45) is 5.73 Å². The molecule has 0 radical (unpaired) electrons. The Hall–Kier alpha value is -4.53. The predicted octanol–water partition coefficient (Wildman–Crippen LogP) is 4.54. The monoisotopic (exact) mass is 420 g/mol. The van der Waals surface area contributed by atoms with Gasteiger partial charge in [0.25, 0.3) is 0 Å². The first-order valence-electron chi connectivity index (χ1n) is 9.18. The normalized spacial score (nSPS) is 10.4. The molecule has 0 atom stereocenters. The molecule has 0 bridgehead atoms. The number of anilines is 3. The van der Waals surface area contributed by atoms with Crippen molar-refractivity contribution < 1.29 is 24.6 Å². The van der Waals surface area contributed by atoms with Gasteiger partial charge in [-0.15, -0.1) is 0 Å². The van der Waals surface area contributed by atoms with Gasteiger partial charge in [-0.1, -0.05) is 36.4 Å². The lowest BCUT2D eigenvalue weighted by molar-refractivity contribution is 0.208. The van der Waals surface area contributed by atoms with Gasteiger partial charge in [0.15, 0.2) is 0 Å². The van der Waals surface area contributed by atoms with E-state index in [1.54, 1.807) is 36.4 Å². The van der Waals surface area contributed by atoms with Crippen LogP contribution in [0.1, 0.15) is 22.6 Å². The summed E-state index contributed by atoms with van der Waals surface area (Å²) in [6.07, 6.45) is -2.30. The Labute approximate surface area is 177 Å². The number of carboxylic acid groups (broad SMARTS) is 2. The first-order chi connectivity index (χ1) is 14.8. The molecule has 0 unspecified atom stereocenters. The summed E-state index contributed by atoms with van der Waals surface area (Å²) < 4.78 is 0. The second-order valence-electron chi connectivity index (χ2n) is 6.65. The molecule has 158 valence electrons. The van der Waals surface area contributed by atoms with Gasteiger partial charge in [0.05, 0.1) is 0 Å². The van der Waals surface area contributed by atoms with Crippen molar-refractivity contribution in [3.63, 3.8) is 0 Å². The zero-order valence-corrected chi connectivity index (χ0v) is 16.2. The number of nitrogens with two attached hydrogens (primary N) is 1. The maximum absolute atomic E-state index is 11.1. The van der Waals surface area contributed by atoms with E-state index in [0.717, 1.165) is 16.7 Å². The van der Waals surface area contributed by atoms with Gasteiger partial charge in [-0.2, -0.15) is 0 Å². The lowest BCUT2D eigenvalue weighted by atomic mass is 9.85. The second-order valence-corrected chi connectivity index (χ2v) is 6.65. The van der Waals surface area contributed by atoms with E-state index in [-0.39, 0.29) is 5.92 Å². The Morgan fingerprint density at radius 3 is 1.13 bits per heavy atom. The summed E-state index contributed by atoms with van der Waals surface area (Å²) in [7, 11) is 0. The molecule has 9 heteroatoms. The second kappa shape index (κ2) is 9.31.